The van der Waals surface area contributed by atoms with Crippen LogP contribution in [0.3, 0.4) is 0 Å². The van der Waals surface area contributed by atoms with Crippen LogP contribution in [0.15, 0.2) is 60.7 Å². The second kappa shape index (κ2) is 12.4. The van der Waals surface area contributed by atoms with Crippen LogP contribution in [0, 0.1) is 0 Å². The molecule has 1 N–H and O–H groups in total. The summed E-state index contributed by atoms with van der Waals surface area (Å²) in [6.07, 6.45) is 2.43. The van der Waals surface area contributed by atoms with Crippen LogP contribution in [0.2, 0.25) is 0 Å². The van der Waals surface area contributed by atoms with Crippen LogP contribution in [0.25, 0.3) is 0 Å². The van der Waals surface area contributed by atoms with Gasteiger partial charge in [0.25, 0.3) is 0 Å². The molecule has 33 heavy (non-hydrogen) atoms. The fourth-order valence-electron chi connectivity index (χ4n) is 3.43. The van der Waals surface area contributed by atoms with Gasteiger partial charge in [-0.3, -0.25) is 13.9 Å². The maximum Gasteiger partial charge on any atom is 0.242 e. The highest BCUT2D eigenvalue weighted by molar-refractivity contribution is 7.92. The summed E-state index contributed by atoms with van der Waals surface area (Å²) >= 11 is 0. The van der Waals surface area contributed by atoms with Crippen molar-refractivity contribution in [3.8, 4) is 0 Å². The summed E-state index contributed by atoms with van der Waals surface area (Å²) in [7, 11) is -3.49. The number of para-hydroxylation sites is 1. The van der Waals surface area contributed by atoms with E-state index in [0.717, 1.165) is 18.2 Å². The molecule has 0 unspecified atom stereocenters. The Bertz CT molecular complexity index is 997. The molecule has 180 valence electrons. The average Bonchev–Trinajstić information content (AvgIpc) is 2.80. The maximum atomic E-state index is 13.2. The van der Waals surface area contributed by atoms with E-state index >= 15 is 0 Å². The molecule has 0 fully saturated rings. The first-order valence-electron chi connectivity index (χ1n) is 11.3. The van der Waals surface area contributed by atoms with Crippen LogP contribution in [0.4, 0.5) is 5.69 Å². The van der Waals surface area contributed by atoms with E-state index in [1.54, 1.807) is 36.1 Å². The Kier molecular flexibility index (Phi) is 9.91. The summed E-state index contributed by atoms with van der Waals surface area (Å²) in [5, 5.41) is 2.95. The molecule has 8 heteroatoms. The van der Waals surface area contributed by atoms with Crippen molar-refractivity contribution >= 4 is 27.5 Å². The number of hydrogen-bond donors (Lipinski definition) is 1. The Morgan fingerprint density at radius 3 is 2.09 bits per heavy atom. The quantitative estimate of drug-likeness (QED) is 0.511. The summed E-state index contributed by atoms with van der Waals surface area (Å²) in [6, 6.07) is 17.7. The van der Waals surface area contributed by atoms with Crippen molar-refractivity contribution in [1.29, 1.82) is 0 Å². The molecule has 2 rings (SSSR count). The highest BCUT2D eigenvalue weighted by Gasteiger charge is 2.27. The van der Waals surface area contributed by atoms with Crippen molar-refractivity contribution in [3.63, 3.8) is 0 Å². The van der Waals surface area contributed by atoms with Crippen LogP contribution in [-0.2, 0) is 26.2 Å². The van der Waals surface area contributed by atoms with Gasteiger partial charge in [0, 0.05) is 25.6 Å². The lowest BCUT2D eigenvalue weighted by atomic mass is 10.1. The minimum Gasteiger partial charge on any atom is -0.352 e. The lowest BCUT2D eigenvalue weighted by Crippen LogP contribution is -2.49. The van der Waals surface area contributed by atoms with Gasteiger partial charge in [-0.25, -0.2) is 8.42 Å². The van der Waals surface area contributed by atoms with E-state index < -0.39 is 16.1 Å². The van der Waals surface area contributed by atoms with Crippen molar-refractivity contribution in [3.05, 3.63) is 66.2 Å². The molecule has 7 nitrogen and oxygen atoms in total. The SMILES string of the molecule is CC[C@H](C)NC(=O)[C@H](C)N(Cc1ccccc1)C(=O)CCCN(c1ccccc1)S(C)(=O)=O. The van der Waals surface area contributed by atoms with Crippen LogP contribution < -0.4 is 9.62 Å². The van der Waals surface area contributed by atoms with E-state index in [4.69, 9.17) is 0 Å². The number of rotatable bonds is 12. The van der Waals surface area contributed by atoms with E-state index in [1.807, 2.05) is 50.2 Å². The van der Waals surface area contributed by atoms with Gasteiger partial charge in [0.1, 0.15) is 6.04 Å². The normalized spacial score (nSPS) is 13.1. The Morgan fingerprint density at radius 2 is 1.55 bits per heavy atom. The molecule has 0 saturated heterocycles. The fraction of sp³-hybridized carbons (Fsp3) is 0.440. The topological polar surface area (TPSA) is 86.8 Å². The van der Waals surface area contributed by atoms with E-state index in [9.17, 15) is 18.0 Å². The Labute approximate surface area is 197 Å². The summed E-state index contributed by atoms with van der Waals surface area (Å²) in [5.41, 5.74) is 1.49. The number of nitrogens with one attached hydrogen (secondary N) is 1. The van der Waals surface area contributed by atoms with Gasteiger partial charge in [-0.1, -0.05) is 55.5 Å². The lowest BCUT2D eigenvalue weighted by molar-refractivity contribution is -0.140. The monoisotopic (exact) mass is 473 g/mol. The molecule has 0 heterocycles. The largest absolute Gasteiger partial charge is 0.352 e. The van der Waals surface area contributed by atoms with Gasteiger partial charge in [-0.15, -0.1) is 0 Å². The van der Waals surface area contributed by atoms with E-state index in [1.165, 1.54) is 4.31 Å². The summed E-state index contributed by atoms with van der Waals surface area (Å²) in [6.45, 7) is 6.13. The van der Waals surface area contributed by atoms with Gasteiger partial charge in [0.15, 0.2) is 0 Å². The molecule has 0 aliphatic carbocycles. The number of hydrogen-bond acceptors (Lipinski definition) is 4. The van der Waals surface area contributed by atoms with E-state index in [0.29, 0.717) is 18.7 Å². The lowest BCUT2D eigenvalue weighted by Gasteiger charge is -2.30. The number of carbonyl (C=O) groups excluding carboxylic acids is 2. The maximum absolute atomic E-state index is 13.2. The molecule has 2 aromatic carbocycles. The number of amides is 2. The summed E-state index contributed by atoms with van der Waals surface area (Å²) in [4.78, 5) is 27.5. The Hall–Kier alpha value is -2.87. The second-order valence-corrected chi connectivity index (χ2v) is 10.2. The minimum absolute atomic E-state index is 0.0165. The first kappa shape index (κ1) is 26.4. The molecular formula is C25H35N3O4S. The van der Waals surface area contributed by atoms with E-state index in [-0.39, 0.29) is 30.8 Å². The molecule has 0 saturated carbocycles. The van der Waals surface area contributed by atoms with Gasteiger partial charge in [0.2, 0.25) is 21.8 Å². The predicted octanol–water partition coefficient (Wildman–Crippen LogP) is 3.56. The van der Waals surface area contributed by atoms with Crippen molar-refractivity contribution < 1.29 is 18.0 Å². The zero-order chi connectivity index (χ0) is 24.4. The highest BCUT2D eigenvalue weighted by atomic mass is 32.2. The minimum atomic E-state index is -3.49. The highest BCUT2D eigenvalue weighted by Crippen LogP contribution is 2.18. The van der Waals surface area contributed by atoms with Gasteiger partial charge in [-0.2, -0.15) is 0 Å². The van der Waals surface area contributed by atoms with Crippen LogP contribution in [0.5, 0.6) is 0 Å². The first-order valence-corrected chi connectivity index (χ1v) is 13.1. The second-order valence-electron chi connectivity index (χ2n) is 8.28. The number of sulfonamides is 1. The van der Waals surface area contributed by atoms with Crippen molar-refractivity contribution in [2.45, 2.75) is 58.7 Å². The van der Waals surface area contributed by atoms with Crippen LogP contribution >= 0.6 is 0 Å². The molecule has 0 radical (unpaired) electrons. The van der Waals surface area contributed by atoms with Gasteiger partial charge in [-0.05, 0) is 44.4 Å². The third kappa shape index (κ3) is 8.20. The average molecular weight is 474 g/mol. The molecule has 2 atom stereocenters. The standard InChI is InChI=1S/C25H35N3O4S/c1-5-20(2)26-25(30)21(3)27(19-22-13-8-6-9-14-22)24(29)17-12-18-28(33(4,31)32)23-15-10-7-11-16-23/h6-11,13-16,20-21H,5,12,17-19H2,1-4H3,(H,26,30)/t20-,21-/m0/s1. The zero-order valence-corrected chi connectivity index (χ0v) is 20.7. The van der Waals surface area contributed by atoms with Gasteiger partial charge < -0.3 is 10.2 Å². The van der Waals surface area contributed by atoms with E-state index in [2.05, 4.69) is 5.32 Å². The number of nitrogens with zero attached hydrogens (tertiary/aromatic N) is 2. The fourth-order valence-corrected chi connectivity index (χ4v) is 4.39. The Balaban J connectivity index is 2.12. The number of anilines is 1. The van der Waals surface area contributed by atoms with Gasteiger partial charge in [0.05, 0.1) is 11.9 Å². The van der Waals surface area contributed by atoms with Crippen molar-refractivity contribution in [2.24, 2.45) is 0 Å². The molecular weight excluding hydrogens is 438 g/mol. The van der Waals surface area contributed by atoms with Crippen molar-refractivity contribution in [1.82, 2.24) is 10.2 Å². The molecule has 0 spiro atoms. The molecule has 0 bridgehead atoms. The Morgan fingerprint density at radius 1 is 0.970 bits per heavy atom. The third-order valence-corrected chi connectivity index (χ3v) is 6.75. The molecule has 2 aromatic rings. The molecule has 0 aromatic heterocycles. The molecule has 2 amide bonds. The summed E-state index contributed by atoms with van der Waals surface area (Å²) < 4.78 is 25.9. The summed E-state index contributed by atoms with van der Waals surface area (Å²) in [5.74, 6) is -0.386. The van der Waals surface area contributed by atoms with Crippen LogP contribution in [-0.4, -0.2) is 50.0 Å². The number of carbonyl (C=O) groups is 2. The first-order chi connectivity index (χ1) is 15.6. The smallest absolute Gasteiger partial charge is 0.242 e. The number of benzene rings is 2. The predicted molar refractivity (Wildman–Crippen MR) is 132 cm³/mol. The van der Waals surface area contributed by atoms with Crippen molar-refractivity contribution in [2.75, 3.05) is 17.1 Å². The van der Waals surface area contributed by atoms with Crippen LogP contribution in [0.1, 0.15) is 45.6 Å². The van der Waals surface area contributed by atoms with Gasteiger partial charge >= 0.3 is 0 Å². The molecule has 0 aliphatic heterocycles. The third-order valence-electron chi connectivity index (χ3n) is 5.56. The molecule has 0 aliphatic rings. The zero-order valence-electron chi connectivity index (χ0n) is 19.9.